The number of fused-ring (bicyclic) bond motifs is 1. The van der Waals surface area contributed by atoms with Gasteiger partial charge in [-0.1, -0.05) is 18.2 Å². The van der Waals surface area contributed by atoms with E-state index in [4.69, 9.17) is 10.5 Å². The summed E-state index contributed by atoms with van der Waals surface area (Å²) in [4.78, 5) is 2.39. The predicted molar refractivity (Wildman–Crippen MR) is 70.3 cm³/mol. The molecule has 0 amide bonds. The van der Waals surface area contributed by atoms with Crippen LogP contribution in [-0.2, 0) is 6.42 Å². The van der Waals surface area contributed by atoms with Crippen LogP contribution in [-0.4, -0.2) is 36.7 Å². The smallest absolute Gasteiger partial charge is 0.123 e. The van der Waals surface area contributed by atoms with Gasteiger partial charge in [0.2, 0.25) is 0 Å². The average molecular weight is 234 g/mol. The highest BCUT2D eigenvalue weighted by Gasteiger charge is 2.25. The summed E-state index contributed by atoms with van der Waals surface area (Å²) < 4.78 is 5.95. The third-order valence-electron chi connectivity index (χ3n) is 3.30. The molecule has 1 atom stereocenters. The fourth-order valence-electron chi connectivity index (χ4n) is 2.34. The summed E-state index contributed by atoms with van der Waals surface area (Å²) in [5.74, 6) is 1.05. The van der Waals surface area contributed by atoms with Crippen LogP contribution in [0.2, 0.25) is 0 Å². The van der Waals surface area contributed by atoms with E-state index in [-0.39, 0.29) is 6.10 Å². The van der Waals surface area contributed by atoms with Gasteiger partial charge in [-0.3, -0.25) is 4.90 Å². The molecule has 1 heterocycles. The third-order valence-corrected chi connectivity index (χ3v) is 3.30. The van der Waals surface area contributed by atoms with E-state index in [1.807, 2.05) is 6.07 Å². The summed E-state index contributed by atoms with van der Waals surface area (Å²) in [5.41, 5.74) is 6.97. The quantitative estimate of drug-likeness (QED) is 0.842. The van der Waals surface area contributed by atoms with Gasteiger partial charge in [-0.25, -0.2) is 0 Å². The topological polar surface area (TPSA) is 38.5 Å². The highest BCUT2D eigenvalue weighted by molar-refractivity contribution is 5.37. The summed E-state index contributed by atoms with van der Waals surface area (Å²) in [6.07, 6.45) is 1.30. The van der Waals surface area contributed by atoms with E-state index in [0.717, 1.165) is 25.3 Å². The van der Waals surface area contributed by atoms with Crippen molar-refractivity contribution in [2.24, 2.45) is 5.73 Å². The molecule has 0 fully saturated rings. The number of nitrogens with two attached hydrogens (primary N) is 1. The van der Waals surface area contributed by atoms with Crippen molar-refractivity contribution in [1.29, 1.82) is 0 Å². The van der Waals surface area contributed by atoms with Crippen molar-refractivity contribution in [2.45, 2.75) is 32.4 Å². The first-order valence-corrected chi connectivity index (χ1v) is 6.39. The first-order valence-electron chi connectivity index (χ1n) is 6.39. The van der Waals surface area contributed by atoms with E-state index in [2.05, 4.69) is 36.9 Å². The van der Waals surface area contributed by atoms with E-state index in [0.29, 0.717) is 12.6 Å². The highest BCUT2D eigenvalue weighted by Crippen LogP contribution is 2.28. The molecule has 1 aromatic rings. The Labute approximate surface area is 104 Å². The lowest BCUT2D eigenvalue weighted by Gasteiger charge is -2.28. The molecule has 1 aliphatic rings. The predicted octanol–water partition coefficient (Wildman–Crippen LogP) is 1.66. The number of hydrogen-bond acceptors (Lipinski definition) is 3. The minimum atomic E-state index is 0.279. The molecule has 2 rings (SSSR count). The molecular weight excluding hydrogens is 212 g/mol. The summed E-state index contributed by atoms with van der Waals surface area (Å²) in [5, 5.41) is 0. The van der Waals surface area contributed by atoms with Crippen LogP contribution in [0.4, 0.5) is 0 Å². The number of rotatable bonds is 5. The van der Waals surface area contributed by atoms with Crippen molar-refractivity contribution in [1.82, 2.24) is 4.90 Å². The Kier molecular flexibility index (Phi) is 4.02. The Balaban J connectivity index is 1.94. The minimum Gasteiger partial charge on any atom is -0.488 e. The van der Waals surface area contributed by atoms with Crippen LogP contribution >= 0.6 is 0 Å². The van der Waals surface area contributed by atoms with Crippen LogP contribution in [0.25, 0.3) is 0 Å². The summed E-state index contributed by atoms with van der Waals surface area (Å²) >= 11 is 0. The van der Waals surface area contributed by atoms with Gasteiger partial charge in [-0.2, -0.15) is 0 Å². The van der Waals surface area contributed by atoms with Gasteiger partial charge >= 0.3 is 0 Å². The van der Waals surface area contributed by atoms with Crippen LogP contribution < -0.4 is 10.5 Å². The second-order valence-corrected chi connectivity index (χ2v) is 4.93. The standard InChI is InChI=1S/C14H22N2O/c1-11(2)16(8-7-15)10-13-9-12-5-3-4-6-14(12)17-13/h3-6,11,13H,7-10,15H2,1-2H3. The molecular formula is C14H22N2O. The minimum absolute atomic E-state index is 0.279. The lowest BCUT2D eigenvalue weighted by Crippen LogP contribution is -2.41. The largest absolute Gasteiger partial charge is 0.488 e. The molecule has 3 nitrogen and oxygen atoms in total. The normalized spacial score (nSPS) is 18.5. The maximum absolute atomic E-state index is 5.95. The second-order valence-electron chi connectivity index (χ2n) is 4.93. The summed E-state index contributed by atoms with van der Waals surface area (Å²) in [6, 6.07) is 8.83. The number of para-hydroxylation sites is 1. The van der Waals surface area contributed by atoms with Crippen LogP contribution in [0.5, 0.6) is 5.75 Å². The lowest BCUT2D eigenvalue weighted by atomic mass is 10.1. The Hall–Kier alpha value is -1.06. The van der Waals surface area contributed by atoms with E-state index in [9.17, 15) is 0 Å². The summed E-state index contributed by atoms with van der Waals surface area (Å²) in [7, 11) is 0. The van der Waals surface area contributed by atoms with Gasteiger partial charge in [-0.15, -0.1) is 0 Å². The monoisotopic (exact) mass is 234 g/mol. The maximum Gasteiger partial charge on any atom is 0.123 e. The zero-order valence-corrected chi connectivity index (χ0v) is 10.7. The maximum atomic E-state index is 5.95. The van der Waals surface area contributed by atoms with E-state index in [1.54, 1.807) is 0 Å². The molecule has 0 radical (unpaired) electrons. The molecule has 0 aromatic heterocycles. The second kappa shape index (κ2) is 5.52. The highest BCUT2D eigenvalue weighted by atomic mass is 16.5. The number of hydrogen-bond donors (Lipinski definition) is 1. The number of nitrogens with zero attached hydrogens (tertiary/aromatic N) is 1. The van der Waals surface area contributed by atoms with Crippen LogP contribution in [0.3, 0.4) is 0 Å². The Bertz CT molecular complexity index is 340. The molecule has 94 valence electrons. The van der Waals surface area contributed by atoms with Gasteiger partial charge in [0.05, 0.1) is 0 Å². The number of benzene rings is 1. The molecule has 0 saturated carbocycles. The molecule has 17 heavy (non-hydrogen) atoms. The Morgan fingerprint density at radius 2 is 2.18 bits per heavy atom. The molecule has 0 aliphatic carbocycles. The van der Waals surface area contributed by atoms with Crippen molar-refractivity contribution < 1.29 is 4.74 Å². The van der Waals surface area contributed by atoms with Gasteiger partial charge < -0.3 is 10.5 Å². The van der Waals surface area contributed by atoms with Crippen molar-refractivity contribution in [2.75, 3.05) is 19.6 Å². The van der Waals surface area contributed by atoms with Crippen LogP contribution in [0.1, 0.15) is 19.4 Å². The molecule has 0 spiro atoms. The molecule has 2 N–H and O–H groups in total. The average Bonchev–Trinajstić information content (AvgIpc) is 2.70. The molecule has 1 aromatic carbocycles. The molecule has 1 aliphatic heterocycles. The van der Waals surface area contributed by atoms with Gasteiger partial charge in [-0.05, 0) is 25.5 Å². The van der Waals surface area contributed by atoms with E-state index in [1.165, 1.54) is 5.56 Å². The van der Waals surface area contributed by atoms with Crippen molar-refractivity contribution in [3.63, 3.8) is 0 Å². The van der Waals surface area contributed by atoms with Crippen LogP contribution in [0.15, 0.2) is 24.3 Å². The van der Waals surface area contributed by atoms with Crippen molar-refractivity contribution >= 4 is 0 Å². The Morgan fingerprint density at radius 3 is 2.82 bits per heavy atom. The number of ether oxygens (including phenoxy) is 1. The zero-order chi connectivity index (χ0) is 12.3. The van der Waals surface area contributed by atoms with E-state index < -0.39 is 0 Å². The fourth-order valence-corrected chi connectivity index (χ4v) is 2.34. The summed E-state index contributed by atoms with van der Waals surface area (Å²) in [6.45, 7) is 7.02. The third kappa shape index (κ3) is 2.99. The first-order chi connectivity index (χ1) is 8.20. The van der Waals surface area contributed by atoms with Gasteiger partial charge in [0.1, 0.15) is 11.9 Å². The SMILES string of the molecule is CC(C)N(CCN)CC1Cc2ccccc2O1. The lowest BCUT2D eigenvalue weighted by molar-refractivity contribution is 0.130. The van der Waals surface area contributed by atoms with Gasteiger partial charge in [0.15, 0.2) is 0 Å². The first kappa shape index (κ1) is 12.4. The molecule has 3 heteroatoms. The van der Waals surface area contributed by atoms with Gasteiger partial charge in [0, 0.05) is 32.1 Å². The Morgan fingerprint density at radius 1 is 1.41 bits per heavy atom. The van der Waals surface area contributed by atoms with E-state index >= 15 is 0 Å². The zero-order valence-electron chi connectivity index (χ0n) is 10.7. The van der Waals surface area contributed by atoms with Crippen molar-refractivity contribution in [3.8, 4) is 5.75 Å². The van der Waals surface area contributed by atoms with Crippen molar-refractivity contribution in [3.05, 3.63) is 29.8 Å². The molecule has 1 unspecified atom stereocenters. The molecule has 0 bridgehead atoms. The van der Waals surface area contributed by atoms with Gasteiger partial charge in [0.25, 0.3) is 0 Å². The fraction of sp³-hybridized carbons (Fsp3) is 0.571. The molecule has 0 saturated heterocycles. The van der Waals surface area contributed by atoms with Crippen LogP contribution in [0, 0.1) is 0 Å².